The van der Waals surface area contributed by atoms with Gasteiger partial charge in [0, 0.05) is 23.6 Å². The number of pyridine rings is 1. The molecule has 1 heterocycles. The minimum Gasteiger partial charge on any atom is -0.505 e. The van der Waals surface area contributed by atoms with E-state index in [4.69, 9.17) is 9.47 Å². The van der Waals surface area contributed by atoms with Gasteiger partial charge >= 0.3 is 0 Å². The first kappa shape index (κ1) is 19.5. The van der Waals surface area contributed by atoms with Crippen LogP contribution in [0, 0.1) is 0 Å². The maximum Gasteiger partial charge on any atom is 0.220 e. The van der Waals surface area contributed by atoms with E-state index in [1.165, 1.54) is 0 Å². The highest BCUT2D eigenvalue weighted by Gasteiger charge is 2.23. The normalized spacial score (nSPS) is 11.8. The minimum atomic E-state index is -0.551. The first-order chi connectivity index (χ1) is 13.6. The molecule has 0 spiro atoms. The average Bonchev–Trinajstić information content (AvgIpc) is 2.72. The number of methoxy groups -OCH3 is 2. The Bertz CT molecular complexity index is 987. The van der Waals surface area contributed by atoms with Crippen LogP contribution in [-0.2, 0) is 4.79 Å². The van der Waals surface area contributed by atoms with Crippen LogP contribution in [0.4, 0.5) is 0 Å². The molecule has 1 amide bonds. The first-order valence-corrected chi connectivity index (χ1v) is 9.17. The van der Waals surface area contributed by atoms with E-state index in [9.17, 15) is 9.90 Å². The van der Waals surface area contributed by atoms with Crippen LogP contribution in [0.1, 0.15) is 36.9 Å². The second kappa shape index (κ2) is 8.61. The van der Waals surface area contributed by atoms with Crippen molar-refractivity contribution in [2.24, 2.45) is 0 Å². The Morgan fingerprint density at radius 3 is 2.64 bits per heavy atom. The topological polar surface area (TPSA) is 80.7 Å². The number of nitrogens with zero attached hydrogens (tertiary/aromatic N) is 1. The quantitative estimate of drug-likeness (QED) is 0.648. The summed E-state index contributed by atoms with van der Waals surface area (Å²) in [5.74, 6) is 1.10. The van der Waals surface area contributed by atoms with Crippen molar-refractivity contribution in [1.29, 1.82) is 0 Å². The Balaban J connectivity index is 2.12. The fourth-order valence-electron chi connectivity index (χ4n) is 3.21. The van der Waals surface area contributed by atoms with Gasteiger partial charge in [0.15, 0.2) is 11.5 Å². The molecule has 2 N–H and O–H groups in total. The molecular formula is C22H24N2O4. The fourth-order valence-corrected chi connectivity index (χ4v) is 3.21. The summed E-state index contributed by atoms with van der Waals surface area (Å²) in [6, 6.07) is 12.3. The highest BCUT2D eigenvalue weighted by atomic mass is 16.5. The summed E-state index contributed by atoms with van der Waals surface area (Å²) in [5, 5.41) is 14.7. The number of ether oxygens (including phenoxy) is 2. The van der Waals surface area contributed by atoms with Crippen molar-refractivity contribution in [1.82, 2.24) is 10.3 Å². The number of phenolic OH excluding ortho intramolecular Hbond substituents is 1. The third-order valence-electron chi connectivity index (χ3n) is 4.61. The van der Waals surface area contributed by atoms with Gasteiger partial charge in [0.25, 0.3) is 0 Å². The molecule has 6 nitrogen and oxygen atoms in total. The third-order valence-corrected chi connectivity index (χ3v) is 4.61. The second-order valence-electron chi connectivity index (χ2n) is 6.44. The van der Waals surface area contributed by atoms with E-state index in [2.05, 4.69) is 10.3 Å². The molecule has 3 aromatic rings. The second-order valence-corrected chi connectivity index (χ2v) is 6.44. The van der Waals surface area contributed by atoms with Crippen LogP contribution in [-0.4, -0.2) is 30.2 Å². The van der Waals surface area contributed by atoms with Crippen molar-refractivity contribution in [2.45, 2.75) is 25.8 Å². The minimum absolute atomic E-state index is 0.0506. The zero-order valence-electron chi connectivity index (χ0n) is 16.2. The molecule has 0 aliphatic carbocycles. The summed E-state index contributed by atoms with van der Waals surface area (Å²) < 4.78 is 10.7. The lowest BCUT2D eigenvalue weighted by Gasteiger charge is -2.22. The lowest BCUT2D eigenvalue weighted by atomic mass is 9.95. The van der Waals surface area contributed by atoms with Crippen LogP contribution >= 0.6 is 0 Å². The van der Waals surface area contributed by atoms with Crippen LogP contribution in [0.15, 0.2) is 48.7 Å². The summed E-state index contributed by atoms with van der Waals surface area (Å²) in [4.78, 5) is 16.7. The summed E-state index contributed by atoms with van der Waals surface area (Å²) >= 11 is 0. The Morgan fingerprint density at radius 2 is 1.93 bits per heavy atom. The van der Waals surface area contributed by atoms with E-state index in [-0.39, 0.29) is 11.7 Å². The number of rotatable bonds is 7. The summed E-state index contributed by atoms with van der Waals surface area (Å²) in [5.41, 5.74) is 1.84. The highest BCUT2D eigenvalue weighted by Crippen LogP contribution is 2.37. The van der Waals surface area contributed by atoms with Gasteiger partial charge in [-0.25, -0.2) is 0 Å². The molecule has 28 heavy (non-hydrogen) atoms. The van der Waals surface area contributed by atoms with Crippen LogP contribution in [0.3, 0.4) is 0 Å². The van der Waals surface area contributed by atoms with E-state index < -0.39 is 6.04 Å². The van der Waals surface area contributed by atoms with Crippen molar-refractivity contribution in [3.05, 3.63) is 59.8 Å². The molecule has 0 fully saturated rings. The SMILES string of the molecule is CCCC(=O)N[C@H](c1ccc(OC)c(OC)c1)c1ccc2cccnc2c1O. The Hall–Kier alpha value is -3.28. The van der Waals surface area contributed by atoms with Gasteiger partial charge in [0.1, 0.15) is 11.3 Å². The number of carbonyl (C=O) groups excluding carboxylic acids is 1. The lowest BCUT2D eigenvalue weighted by molar-refractivity contribution is -0.121. The fraction of sp³-hybridized carbons (Fsp3) is 0.273. The molecule has 146 valence electrons. The van der Waals surface area contributed by atoms with Crippen LogP contribution in [0.2, 0.25) is 0 Å². The van der Waals surface area contributed by atoms with Crippen LogP contribution in [0.25, 0.3) is 10.9 Å². The number of hydrogen-bond acceptors (Lipinski definition) is 5. The predicted octanol–water partition coefficient (Wildman–Crippen LogP) is 3.96. The van der Waals surface area contributed by atoms with Crippen molar-refractivity contribution in [2.75, 3.05) is 14.2 Å². The summed E-state index contributed by atoms with van der Waals surface area (Å²) in [6.07, 6.45) is 2.76. The monoisotopic (exact) mass is 380 g/mol. The van der Waals surface area contributed by atoms with Gasteiger partial charge in [-0.1, -0.05) is 31.2 Å². The predicted molar refractivity (Wildman–Crippen MR) is 108 cm³/mol. The summed E-state index contributed by atoms with van der Waals surface area (Å²) in [7, 11) is 3.13. The Kier molecular flexibility index (Phi) is 5.99. The van der Waals surface area contributed by atoms with Crippen LogP contribution in [0.5, 0.6) is 17.2 Å². The lowest BCUT2D eigenvalue weighted by Crippen LogP contribution is -2.29. The van der Waals surface area contributed by atoms with Gasteiger partial charge in [-0.3, -0.25) is 9.78 Å². The molecule has 0 aliphatic rings. The number of hydrogen-bond donors (Lipinski definition) is 2. The molecule has 0 saturated heterocycles. The first-order valence-electron chi connectivity index (χ1n) is 9.17. The maximum atomic E-state index is 12.4. The van der Waals surface area contributed by atoms with Gasteiger partial charge in [-0.2, -0.15) is 0 Å². The van der Waals surface area contributed by atoms with E-state index in [1.54, 1.807) is 32.5 Å². The van der Waals surface area contributed by atoms with E-state index in [0.29, 0.717) is 29.0 Å². The van der Waals surface area contributed by atoms with Crippen molar-refractivity contribution in [3.8, 4) is 17.2 Å². The third kappa shape index (κ3) is 3.86. The van der Waals surface area contributed by atoms with Gasteiger partial charge in [-0.15, -0.1) is 0 Å². The highest BCUT2D eigenvalue weighted by molar-refractivity contribution is 5.86. The molecule has 1 aromatic heterocycles. The Labute approximate surface area is 164 Å². The van der Waals surface area contributed by atoms with Crippen LogP contribution < -0.4 is 14.8 Å². The molecule has 0 saturated carbocycles. The number of aromatic hydroxyl groups is 1. The standard InChI is InChI=1S/C22H24N2O4/c1-4-6-19(25)24-20(15-9-11-17(27-2)18(13-15)28-3)16-10-8-14-7-5-12-23-21(14)22(16)26/h5,7-13,20,26H,4,6H2,1-3H3,(H,24,25)/t20-/m1/s1. The largest absolute Gasteiger partial charge is 0.505 e. The Morgan fingerprint density at radius 1 is 1.14 bits per heavy atom. The van der Waals surface area contributed by atoms with Crippen molar-refractivity contribution >= 4 is 16.8 Å². The van der Waals surface area contributed by atoms with Gasteiger partial charge in [0.05, 0.1) is 20.3 Å². The summed E-state index contributed by atoms with van der Waals surface area (Å²) in [6.45, 7) is 1.95. The number of benzene rings is 2. The van der Waals surface area contributed by atoms with E-state index in [0.717, 1.165) is 17.4 Å². The van der Waals surface area contributed by atoms with E-state index >= 15 is 0 Å². The number of nitrogens with one attached hydrogen (secondary N) is 1. The average molecular weight is 380 g/mol. The molecule has 0 radical (unpaired) electrons. The molecular weight excluding hydrogens is 356 g/mol. The number of amides is 1. The van der Waals surface area contributed by atoms with E-state index in [1.807, 2.05) is 37.3 Å². The number of fused-ring (bicyclic) bond motifs is 1. The number of aromatic nitrogens is 1. The molecule has 6 heteroatoms. The van der Waals surface area contributed by atoms with Gasteiger partial charge in [-0.05, 0) is 30.2 Å². The molecule has 2 aromatic carbocycles. The molecule has 0 aliphatic heterocycles. The molecule has 3 rings (SSSR count). The van der Waals surface area contributed by atoms with Crippen molar-refractivity contribution in [3.63, 3.8) is 0 Å². The number of phenols is 1. The molecule has 0 unspecified atom stereocenters. The zero-order chi connectivity index (χ0) is 20.1. The smallest absolute Gasteiger partial charge is 0.220 e. The molecule has 0 bridgehead atoms. The maximum absolute atomic E-state index is 12.4. The number of carbonyl (C=O) groups is 1. The van der Waals surface area contributed by atoms with Gasteiger partial charge in [0.2, 0.25) is 5.91 Å². The van der Waals surface area contributed by atoms with Gasteiger partial charge < -0.3 is 19.9 Å². The van der Waals surface area contributed by atoms with Crippen molar-refractivity contribution < 1.29 is 19.4 Å². The molecule has 1 atom stereocenters. The zero-order valence-corrected chi connectivity index (χ0v) is 16.2.